The number of fused-ring (bicyclic) bond motifs is 1. The lowest BCUT2D eigenvalue weighted by molar-refractivity contribution is -0.151. The summed E-state index contributed by atoms with van der Waals surface area (Å²) in [7, 11) is 0. The van der Waals surface area contributed by atoms with Crippen molar-refractivity contribution in [2.75, 3.05) is 19.7 Å². The molecular weight excluding hydrogens is 439 g/mol. The topological polar surface area (TPSA) is 76.8 Å². The van der Waals surface area contributed by atoms with E-state index >= 15 is 0 Å². The van der Waals surface area contributed by atoms with Crippen LogP contribution in [0.1, 0.15) is 38.3 Å². The smallest absolute Gasteiger partial charge is 0.310 e. The molecular formula is C22H24Cl2N4O3. The minimum Gasteiger partial charge on any atom is -0.466 e. The first-order chi connectivity index (χ1) is 14.9. The number of carbonyl (C=O) groups is 2. The predicted octanol–water partition coefficient (Wildman–Crippen LogP) is 4.30. The number of ether oxygens (including phenoxy) is 1. The molecule has 2 aliphatic rings. The second kappa shape index (κ2) is 9.01. The summed E-state index contributed by atoms with van der Waals surface area (Å²) in [5.74, 6) is -0.509. The summed E-state index contributed by atoms with van der Waals surface area (Å²) in [5, 5.41) is 5.30. The fourth-order valence-corrected chi connectivity index (χ4v) is 4.71. The minimum atomic E-state index is -0.564. The number of aliphatic imine (C=N–C) groups is 1. The van der Waals surface area contributed by atoms with Gasteiger partial charge in [0.15, 0.2) is 5.82 Å². The number of amides is 1. The molecule has 1 fully saturated rings. The lowest BCUT2D eigenvalue weighted by Crippen LogP contribution is -2.49. The van der Waals surface area contributed by atoms with Gasteiger partial charge in [-0.05, 0) is 44.4 Å². The van der Waals surface area contributed by atoms with Gasteiger partial charge in [0.05, 0.1) is 34.8 Å². The third-order valence-corrected chi connectivity index (χ3v) is 6.61. The molecule has 3 atom stereocenters. The highest BCUT2D eigenvalue weighted by Crippen LogP contribution is 2.39. The summed E-state index contributed by atoms with van der Waals surface area (Å²) in [6.07, 6.45) is 3.14. The van der Waals surface area contributed by atoms with Gasteiger partial charge >= 0.3 is 5.97 Å². The van der Waals surface area contributed by atoms with Gasteiger partial charge in [-0.3, -0.25) is 9.59 Å². The van der Waals surface area contributed by atoms with Crippen molar-refractivity contribution in [1.29, 1.82) is 0 Å². The van der Waals surface area contributed by atoms with Crippen LogP contribution in [0, 0.1) is 11.8 Å². The zero-order valence-corrected chi connectivity index (χ0v) is 18.9. The Labute approximate surface area is 191 Å². The van der Waals surface area contributed by atoms with Crippen molar-refractivity contribution in [3.8, 4) is 0 Å². The van der Waals surface area contributed by atoms with Crippen LogP contribution in [0.25, 0.3) is 0 Å². The van der Waals surface area contributed by atoms with E-state index in [4.69, 9.17) is 27.9 Å². The van der Waals surface area contributed by atoms with Crippen LogP contribution in [-0.4, -0.2) is 52.0 Å². The quantitative estimate of drug-likeness (QED) is 0.634. The lowest BCUT2D eigenvalue weighted by atomic mass is 9.86. The minimum absolute atomic E-state index is 0.0764. The first kappa shape index (κ1) is 21.8. The lowest BCUT2D eigenvalue weighted by Gasteiger charge is -2.38. The van der Waals surface area contributed by atoms with Gasteiger partial charge in [-0.2, -0.15) is 5.10 Å². The second-order valence-corrected chi connectivity index (χ2v) is 8.67. The highest BCUT2D eigenvalue weighted by Gasteiger charge is 2.42. The number of esters is 1. The number of piperidine rings is 1. The van der Waals surface area contributed by atoms with Crippen molar-refractivity contribution in [1.82, 2.24) is 14.7 Å². The van der Waals surface area contributed by atoms with E-state index in [2.05, 4.69) is 10.1 Å². The molecule has 0 aliphatic carbocycles. The molecule has 31 heavy (non-hydrogen) atoms. The van der Waals surface area contributed by atoms with Crippen molar-refractivity contribution in [3.05, 3.63) is 46.1 Å². The summed E-state index contributed by atoms with van der Waals surface area (Å²) < 4.78 is 6.94. The largest absolute Gasteiger partial charge is 0.466 e. The molecule has 0 N–H and O–H groups in total. The number of rotatable bonds is 4. The Morgan fingerprint density at radius 2 is 2.03 bits per heavy atom. The average molecular weight is 463 g/mol. The Balaban J connectivity index is 1.68. The van der Waals surface area contributed by atoms with E-state index in [1.165, 1.54) is 0 Å². The zero-order valence-electron chi connectivity index (χ0n) is 17.4. The number of benzene rings is 1. The van der Waals surface area contributed by atoms with Gasteiger partial charge < -0.3 is 9.64 Å². The fourth-order valence-electron chi connectivity index (χ4n) is 4.40. The van der Waals surface area contributed by atoms with E-state index in [1.54, 1.807) is 34.8 Å². The Bertz CT molecular complexity index is 1040. The van der Waals surface area contributed by atoms with Gasteiger partial charge in [0.25, 0.3) is 0 Å². The number of hydrogen-bond donors (Lipinski definition) is 0. The number of carbonyl (C=O) groups excluding carboxylic acids is 2. The number of hydrogen-bond acceptors (Lipinski definition) is 5. The van der Waals surface area contributed by atoms with Gasteiger partial charge in [-0.15, -0.1) is 0 Å². The van der Waals surface area contributed by atoms with Gasteiger partial charge in [0, 0.05) is 24.9 Å². The van der Waals surface area contributed by atoms with Crippen LogP contribution < -0.4 is 0 Å². The molecule has 1 saturated heterocycles. The van der Waals surface area contributed by atoms with E-state index in [9.17, 15) is 9.59 Å². The number of nitrogens with zero attached hydrogens (tertiary/aromatic N) is 4. The average Bonchev–Trinajstić information content (AvgIpc) is 3.22. The van der Waals surface area contributed by atoms with Gasteiger partial charge in [-0.1, -0.05) is 29.3 Å². The molecule has 0 spiro atoms. The Morgan fingerprint density at radius 1 is 1.23 bits per heavy atom. The van der Waals surface area contributed by atoms with Crippen LogP contribution in [0.3, 0.4) is 0 Å². The second-order valence-electron chi connectivity index (χ2n) is 7.86. The molecule has 0 saturated carbocycles. The molecule has 3 unspecified atom stereocenters. The van der Waals surface area contributed by atoms with Gasteiger partial charge in [0.2, 0.25) is 5.91 Å². The molecule has 1 aromatic carbocycles. The molecule has 7 nitrogen and oxygen atoms in total. The van der Waals surface area contributed by atoms with E-state index < -0.39 is 12.0 Å². The number of aromatic nitrogens is 2. The molecule has 3 heterocycles. The summed E-state index contributed by atoms with van der Waals surface area (Å²) in [6, 6.07) is 6.76. The molecule has 2 aliphatic heterocycles. The number of halogens is 2. The Hall–Kier alpha value is -2.38. The van der Waals surface area contributed by atoms with Crippen molar-refractivity contribution in [3.63, 3.8) is 0 Å². The van der Waals surface area contributed by atoms with E-state index in [-0.39, 0.29) is 17.8 Å². The molecule has 4 rings (SSSR count). The maximum Gasteiger partial charge on any atom is 0.310 e. The highest BCUT2D eigenvalue weighted by molar-refractivity contribution is 6.42. The van der Waals surface area contributed by atoms with Crippen molar-refractivity contribution >= 4 is 46.6 Å². The highest BCUT2D eigenvalue weighted by atomic mass is 35.5. The Kier molecular flexibility index (Phi) is 6.34. The van der Waals surface area contributed by atoms with Crippen LogP contribution in [0.2, 0.25) is 10.0 Å². The molecule has 0 radical (unpaired) electrons. The van der Waals surface area contributed by atoms with Crippen LogP contribution in [0.15, 0.2) is 35.5 Å². The van der Waals surface area contributed by atoms with Gasteiger partial charge in [-0.25, -0.2) is 9.67 Å². The first-order valence-electron chi connectivity index (χ1n) is 10.4. The molecule has 1 amide bonds. The summed E-state index contributed by atoms with van der Waals surface area (Å²) in [5.41, 5.74) is 1.53. The van der Waals surface area contributed by atoms with Crippen molar-refractivity contribution in [2.45, 2.75) is 32.7 Å². The van der Waals surface area contributed by atoms with E-state index in [0.29, 0.717) is 41.3 Å². The summed E-state index contributed by atoms with van der Waals surface area (Å²) in [6.45, 7) is 4.92. The van der Waals surface area contributed by atoms with Crippen LogP contribution >= 0.6 is 23.2 Å². The van der Waals surface area contributed by atoms with Gasteiger partial charge in [0.1, 0.15) is 5.92 Å². The van der Waals surface area contributed by atoms with Crippen LogP contribution in [-0.2, 0) is 14.3 Å². The van der Waals surface area contributed by atoms with E-state index in [0.717, 1.165) is 18.4 Å². The molecule has 1 aromatic heterocycles. The Morgan fingerprint density at radius 3 is 2.77 bits per heavy atom. The monoisotopic (exact) mass is 462 g/mol. The normalized spacial score (nSPS) is 23.2. The number of likely N-dealkylation sites (tertiary alicyclic amines) is 1. The molecule has 0 bridgehead atoms. The fraction of sp³-hybridized carbons (Fsp3) is 0.455. The maximum atomic E-state index is 13.7. The zero-order chi connectivity index (χ0) is 22.1. The molecule has 164 valence electrons. The van der Waals surface area contributed by atoms with Crippen molar-refractivity contribution in [2.24, 2.45) is 16.8 Å². The standard InChI is InChI=1S/C22H24Cl2N4O3/c1-3-31-22(30)15-5-4-10-27(12-15)21(29)19-13(2)26-18-8-9-25-28(18)20(19)14-6-7-16(23)17(24)11-14/h6-9,11,15,19-20H,3-5,10,12H2,1-2H3. The maximum absolute atomic E-state index is 13.7. The molecule has 2 aromatic rings. The predicted molar refractivity (Wildman–Crippen MR) is 119 cm³/mol. The van der Waals surface area contributed by atoms with E-state index in [1.807, 2.05) is 19.1 Å². The summed E-state index contributed by atoms with van der Waals surface area (Å²) in [4.78, 5) is 32.4. The third-order valence-electron chi connectivity index (χ3n) is 5.87. The van der Waals surface area contributed by atoms with Crippen molar-refractivity contribution < 1.29 is 14.3 Å². The SMILES string of the molecule is CCOC(=O)C1CCCN(C(=O)C2C(C)=Nc3ccnn3C2c2ccc(Cl)c(Cl)c2)C1. The van der Waals surface area contributed by atoms with Crippen LogP contribution in [0.4, 0.5) is 5.82 Å². The summed E-state index contributed by atoms with van der Waals surface area (Å²) >= 11 is 12.4. The first-order valence-corrected chi connectivity index (χ1v) is 11.1. The third kappa shape index (κ3) is 4.21. The van der Waals surface area contributed by atoms with Crippen LogP contribution in [0.5, 0.6) is 0 Å². The molecule has 9 heteroatoms.